The monoisotopic (exact) mass is 719 g/mol. The molecule has 0 aromatic heterocycles. The van der Waals surface area contributed by atoms with Crippen LogP contribution < -0.4 is 14.6 Å². The maximum atomic E-state index is 12.4. The molecule has 0 radical (unpaired) electrons. The molecule has 9 heteroatoms. The van der Waals surface area contributed by atoms with E-state index in [0.29, 0.717) is 24.2 Å². The molecule has 0 atom stereocenters. The third-order valence-corrected chi connectivity index (χ3v) is 5.93. The maximum absolute atomic E-state index is 12.4. The average molecular weight is 719 g/mol. The molecular weight excluding hydrogens is 705 g/mol. The van der Waals surface area contributed by atoms with Gasteiger partial charge in [-0.05, 0) is 103 Å². The smallest absolute Gasteiger partial charge is 0.342 e. The van der Waals surface area contributed by atoms with Crippen molar-refractivity contribution in [3.05, 3.63) is 58.2 Å². The van der Waals surface area contributed by atoms with Crippen molar-refractivity contribution in [2.24, 2.45) is 0 Å². The molecule has 0 heterocycles. The Balaban J connectivity index is 2.03. The van der Waals surface area contributed by atoms with Crippen LogP contribution in [0.4, 0.5) is 0 Å². The first-order chi connectivity index (χ1) is 13.3. The molecule has 148 valence electrons. The zero-order valence-corrected chi connectivity index (χ0v) is 21.1. The SMILES string of the molecule is C=Cc1cc(I)c(OC)c(C(=O)OCCOc2c(I)cc(C(=O)[O-])cc2I)c1. The van der Waals surface area contributed by atoms with Gasteiger partial charge in [0.05, 0.1) is 23.8 Å². The summed E-state index contributed by atoms with van der Waals surface area (Å²) in [6, 6.07) is 6.44. The molecule has 0 spiro atoms. The zero-order valence-electron chi connectivity index (χ0n) is 14.6. The van der Waals surface area contributed by atoms with E-state index >= 15 is 0 Å². The summed E-state index contributed by atoms with van der Waals surface area (Å²) in [5, 5.41) is 11.0. The van der Waals surface area contributed by atoms with Crippen molar-refractivity contribution in [1.82, 2.24) is 0 Å². The van der Waals surface area contributed by atoms with E-state index in [1.165, 1.54) is 19.2 Å². The van der Waals surface area contributed by atoms with Crippen LogP contribution >= 0.6 is 67.8 Å². The molecule has 0 saturated carbocycles. The van der Waals surface area contributed by atoms with Crippen LogP contribution in [-0.2, 0) is 4.74 Å². The molecule has 0 aliphatic heterocycles. The van der Waals surface area contributed by atoms with E-state index in [9.17, 15) is 14.7 Å². The Morgan fingerprint density at radius 2 is 1.64 bits per heavy atom. The van der Waals surface area contributed by atoms with Crippen molar-refractivity contribution >= 4 is 85.8 Å². The van der Waals surface area contributed by atoms with E-state index in [1.54, 1.807) is 12.1 Å². The molecule has 0 fully saturated rings. The molecule has 0 aliphatic carbocycles. The molecule has 0 unspecified atom stereocenters. The largest absolute Gasteiger partial charge is 0.545 e. The second-order valence-electron chi connectivity index (χ2n) is 5.33. The molecule has 0 amide bonds. The van der Waals surface area contributed by atoms with E-state index in [4.69, 9.17) is 14.2 Å². The summed E-state index contributed by atoms with van der Waals surface area (Å²) >= 11 is 6.05. The molecule has 0 aliphatic rings. The second-order valence-corrected chi connectivity index (χ2v) is 8.82. The third kappa shape index (κ3) is 5.72. The van der Waals surface area contributed by atoms with Crippen molar-refractivity contribution < 1.29 is 28.9 Å². The van der Waals surface area contributed by atoms with Crippen LogP contribution in [0.15, 0.2) is 30.8 Å². The average Bonchev–Trinajstić information content (AvgIpc) is 2.65. The molecule has 0 saturated heterocycles. The van der Waals surface area contributed by atoms with Gasteiger partial charge in [-0.2, -0.15) is 0 Å². The van der Waals surface area contributed by atoms with Crippen LogP contribution in [0, 0.1) is 10.7 Å². The van der Waals surface area contributed by atoms with Gasteiger partial charge in [0.2, 0.25) is 0 Å². The van der Waals surface area contributed by atoms with Crippen LogP contribution in [-0.4, -0.2) is 32.3 Å². The number of benzene rings is 2. The van der Waals surface area contributed by atoms with Crippen LogP contribution in [0.25, 0.3) is 6.08 Å². The van der Waals surface area contributed by atoms with Crippen molar-refractivity contribution in [2.75, 3.05) is 20.3 Å². The Labute approximate surface area is 203 Å². The third-order valence-electron chi connectivity index (χ3n) is 3.52. The summed E-state index contributed by atoms with van der Waals surface area (Å²) in [7, 11) is 1.49. The highest BCUT2D eigenvalue weighted by atomic mass is 127. The fourth-order valence-electron chi connectivity index (χ4n) is 2.26. The highest BCUT2D eigenvalue weighted by molar-refractivity contribution is 14.1. The van der Waals surface area contributed by atoms with Gasteiger partial charge >= 0.3 is 5.97 Å². The van der Waals surface area contributed by atoms with Crippen molar-refractivity contribution in [3.63, 3.8) is 0 Å². The lowest BCUT2D eigenvalue weighted by atomic mass is 10.1. The number of carbonyl (C=O) groups is 2. The molecule has 0 N–H and O–H groups in total. The summed E-state index contributed by atoms with van der Waals surface area (Å²) in [4.78, 5) is 23.4. The number of carbonyl (C=O) groups excluding carboxylic acids is 2. The Morgan fingerprint density at radius 3 is 2.18 bits per heavy atom. The number of carboxylic acids is 1. The first-order valence-electron chi connectivity index (χ1n) is 7.78. The fourth-order valence-corrected chi connectivity index (χ4v) is 5.21. The summed E-state index contributed by atoms with van der Waals surface area (Å²) < 4.78 is 18.3. The van der Waals surface area contributed by atoms with Gasteiger partial charge in [0, 0.05) is 0 Å². The number of aromatic carboxylic acids is 1. The van der Waals surface area contributed by atoms with E-state index in [1.807, 2.05) is 51.2 Å². The predicted molar refractivity (Wildman–Crippen MR) is 128 cm³/mol. The van der Waals surface area contributed by atoms with Crippen molar-refractivity contribution in [2.45, 2.75) is 0 Å². The Kier molecular flexibility index (Phi) is 8.80. The Hall–Kier alpha value is -1.09. The standard InChI is InChI=1S/C19H15I3O6/c1-3-10-6-12(16(26-2)13(20)7-10)19(25)28-5-4-27-17-14(21)8-11(18(23)24)9-15(17)22/h3,6-9H,1,4-5H2,2H3,(H,23,24)/p-1. The highest BCUT2D eigenvalue weighted by Gasteiger charge is 2.18. The highest BCUT2D eigenvalue weighted by Crippen LogP contribution is 2.30. The number of carboxylic acid groups (broad SMARTS) is 1. The summed E-state index contributed by atoms with van der Waals surface area (Å²) in [5.41, 5.74) is 1.17. The van der Waals surface area contributed by atoms with E-state index < -0.39 is 11.9 Å². The van der Waals surface area contributed by atoms with Gasteiger partial charge in [-0.3, -0.25) is 0 Å². The number of methoxy groups -OCH3 is 1. The van der Waals surface area contributed by atoms with Gasteiger partial charge in [-0.1, -0.05) is 12.7 Å². The van der Waals surface area contributed by atoms with Gasteiger partial charge in [0.15, 0.2) is 0 Å². The Bertz CT molecular complexity index is 903. The topological polar surface area (TPSA) is 84.9 Å². The van der Waals surface area contributed by atoms with Gasteiger partial charge in [0.25, 0.3) is 0 Å². The lowest BCUT2D eigenvalue weighted by Gasteiger charge is -2.14. The van der Waals surface area contributed by atoms with Crippen LogP contribution in [0.5, 0.6) is 11.5 Å². The van der Waals surface area contributed by atoms with Crippen LogP contribution in [0.3, 0.4) is 0 Å². The number of hydrogen-bond donors (Lipinski definition) is 0. The molecule has 2 rings (SSSR count). The first kappa shape index (κ1) is 23.2. The molecule has 6 nitrogen and oxygen atoms in total. The second kappa shape index (κ2) is 10.6. The quantitative estimate of drug-likeness (QED) is 0.235. The number of hydrogen-bond acceptors (Lipinski definition) is 6. The molecular formula is C19H14I3O6-. The molecule has 2 aromatic rings. The predicted octanol–water partition coefficient (Wildman–Crippen LogP) is 3.75. The van der Waals surface area contributed by atoms with Gasteiger partial charge in [-0.15, -0.1) is 0 Å². The number of halogens is 3. The minimum absolute atomic E-state index is 0.0191. The van der Waals surface area contributed by atoms with Gasteiger partial charge in [0.1, 0.15) is 30.3 Å². The molecule has 0 bridgehead atoms. The summed E-state index contributed by atoms with van der Waals surface area (Å²) in [6.45, 7) is 3.85. The number of esters is 1. The van der Waals surface area contributed by atoms with Crippen LogP contribution in [0.1, 0.15) is 26.3 Å². The molecule has 2 aromatic carbocycles. The van der Waals surface area contributed by atoms with Crippen LogP contribution in [0.2, 0.25) is 0 Å². The number of rotatable bonds is 8. The minimum Gasteiger partial charge on any atom is -0.545 e. The van der Waals surface area contributed by atoms with Gasteiger partial charge < -0.3 is 24.1 Å². The summed E-state index contributed by atoms with van der Waals surface area (Å²) in [6.07, 6.45) is 1.64. The first-order valence-corrected chi connectivity index (χ1v) is 11.0. The fraction of sp³-hybridized carbons (Fsp3) is 0.158. The molecule has 28 heavy (non-hydrogen) atoms. The van der Waals surface area contributed by atoms with E-state index in [2.05, 4.69) is 29.2 Å². The lowest BCUT2D eigenvalue weighted by Crippen LogP contribution is -2.22. The lowest BCUT2D eigenvalue weighted by molar-refractivity contribution is -0.255. The van der Waals surface area contributed by atoms with Gasteiger partial charge in [-0.25, -0.2) is 4.79 Å². The minimum atomic E-state index is -1.25. The summed E-state index contributed by atoms with van der Waals surface area (Å²) in [5.74, 6) is -0.803. The van der Waals surface area contributed by atoms with Crippen molar-refractivity contribution in [3.8, 4) is 11.5 Å². The van der Waals surface area contributed by atoms with E-state index in [0.717, 1.165) is 9.13 Å². The Morgan fingerprint density at radius 1 is 1.04 bits per heavy atom. The zero-order chi connectivity index (χ0) is 20.8. The van der Waals surface area contributed by atoms with E-state index in [-0.39, 0.29) is 18.8 Å². The number of ether oxygens (including phenoxy) is 3. The normalized spacial score (nSPS) is 10.3. The maximum Gasteiger partial charge on any atom is 0.342 e. The van der Waals surface area contributed by atoms with Crippen molar-refractivity contribution in [1.29, 1.82) is 0 Å².